The Labute approximate surface area is 109 Å². The first-order chi connectivity index (χ1) is 8.09. The van der Waals surface area contributed by atoms with Crippen LogP contribution in [0.2, 0.25) is 10.2 Å². The van der Waals surface area contributed by atoms with Gasteiger partial charge >= 0.3 is 6.09 Å². The molecule has 0 saturated carbocycles. The van der Waals surface area contributed by atoms with E-state index in [2.05, 4.69) is 4.98 Å². The van der Waals surface area contributed by atoms with Crippen molar-refractivity contribution < 1.29 is 9.90 Å². The molecule has 17 heavy (non-hydrogen) atoms. The average molecular weight is 276 g/mol. The van der Waals surface area contributed by atoms with Gasteiger partial charge in [0.1, 0.15) is 5.15 Å². The van der Waals surface area contributed by atoms with Gasteiger partial charge in [0.25, 0.3) is 0 Å². The quantitative estimate of drug-likeness (QED) is 0.844. The molecule has 7 heteroatoms. The van der Waals surface area contributed by atoms with Crippen LogP contribution in [0.15, 0.2) is 12.3 Å². The molecule has 0 aromatic carbocycles. The maximum Gasteiger partial charge on any atom is 0.426 e. The first-order valence-electron chi connectivity index (χ1n) is 5.18. The van der Waals surface area contributed by atoms with Crippen LogP contribution in [0.25, 0.3) is 0 Å². The zero-order valence-corrected chi connectivity index (χ0v) is 10.4. The lowest BCUT2D eigenvalue weighted by Crippen LogP contribution is -2.44. The third-order valence-corrected chi connectivity index (χ3v) is 3.26. The molecule has 1 aromatic heterocycles. The van der Waals surface area contributed by atoms with Gasteiger partial charge in [-0.3, -0.25) is 0 Å². The van der Waals surface area contributed by atoms with Crippen molar-refractivity contribution in [2.24, 2.45) is 0 Å². The second-order valence-electron chi connectivity index (χ2n) is 3.72. The summed E-state index contributed by atoms with van der Waals surface area (Å²) in [4.78, 5) is 15.1. The predicted molar refractivity (Wildman–Crippen MR) is 65.6 cm³/mol. The van der Waals surface area contributed by atoms with Crippen molar-refractivity contribution in [1.82, 2.24) is 9.99 Å². The maximum atomic E-state index is 11.3. The lowest BCUT2D eigenvalue weighted by Gasteiger charge is -2.28. The molecule has 92 valence electrons. The fourth-order valence-corrected chi connectivity index (χ4v) is 2.09. The van der Waals surface area contributed by atoms with Crippen molar-refractivity contribution in [2.75, 3.05) is 18.1 Å². The van der Waals surface area contributed by atoms with E-state index in [9.17, 15) is 9.90 Å². The Morgan fingerprint density at radius 2 is 2.06 bits per heavy atom. The highest BCUT2D eigenvalue weighted by atomic mass is 35.5. The highest BCUT2D eigenvalue weighted by molar-refractivity contribution is 6.41. The van der Waals surface area contributed by atoms with Crippen molar-refractivity contribution in [3.8, 4) is 0 Å². The second kappa shape index (κ2) is 5.08. The molecule has 1 amide bonds. The molecule has 1 fully saturated rings. The number of amides is 1. The topological polar surface area (TPSA) is 56.7 Å². The third kappa shape index (κ3) is 2.62. The number of anilines is 1. The molecule has 0 aliphatic carbocycles. The van der Waals surface area contributed by atoms with Gasteiger partial charge in [-0.15, -0.1) is 0 Å². The van der Waals surface area contributed by atoms with Crippen LogP contribution in [0.4, 0.5) is 10.5 Å². The van der Waals surface area contributed by atoms with Crippen molar-refractivity contribution in [3.05, 3.63) is 22.4 Å². The van der Waals surface area contributed by atoms with E-state index < -0.39 is 6.09 Å². The van der Waals surface area contributed by atoms with E-state index in [1.165, 1.54) is 17.3 Å². The summed E-state index contributed by atoms with van der Waals surface area (Å²) in [5, 5.41) is 12.6. The molecule has 1 aliphatic heterocycles. The van der Waals surface area contributed by atoms with Gasteiger partial charge in [0.2, 0.25) is 0 Å². The van der Waals surface area contributed by atoms with Crippen molar-refractivity contribution in [1.29, 1.82) is 0 Å². The summed E-state index contributed by atoms with van der Waals surface area (Å²) >= 11 is 11.5. The number of aromatic nitrogens is 1. The number of hydrazine groups is 1. The smallest absolute Gasteiger partial charge is 0.426 e. The number of nitrogens with zero attached hydrogens (tertiary/aromatic N) is 3. The zero-order chi connectivity index (χ0) is 12.4. The standard InChI is InChI=1S/C10H11Cl2N3O2/c11-8-5-7(6-13-9(8)12)15(10(16)17)14-3-1-2-4-14/h5-6H,1-4H2,(H,16,17). The number of carboxylic acid groups (broad SMARTS) is 1. The second-order valence-corrected chi connectivity index (χ2v) is 4.49. The fourth-order valence-electron chi connectivity index (χ4n) is 1.82. The highest BCUT2D eigenvalue weighted by Gasteiger charge is 2.26. The molecule has 1 saturated heterocycles. The summed E-state index contributed by atoms with van der Waals surface area (Å²) < 4.78 is 0. The molecule has 5 nitrogen and oxygen atoms in total. The third-order valence-electron chi connectivity index (χ3n) is 2.57. The van der Waals surface area contributed by atoms with E-state index in [-0.39, 0.29) is 10.2 Å². The molecular formula is C10H11Cl2N3O2. The van der Waals surface area contributed by atoms with Gasteiger partial charge in [-0.1, -0.05) is 23.2 Å². The Morgan fingerprint density at radius 1 is 1.41 bits per heavy atom. The van der Waals surface area contributed by atoms with E-state index in [0.29, 0.717) is 18.8 Å². The molecule has 1 aromatic rings. The molecule has 0 bridgehead atoms. The molecule has 1 N–H and O–H groups in total. The average Bonchev–Trinajstić information content (AvgIpc) is 2.76. The van der Waals surface area contributed by atoms with Gasteiger partial charge in [0.15, 0.2) is 0 Å². The zero-order valence-electron chi connectivity index (χ0n) is 8.94. The summed E-state index contributed by atoms with van der Waals surface area (Å²) in [6, 6.07) is 1.50. The molecule has 0 unspecified atom stereocenters. The van der Waals surface area contributed by atoms with E-state index in [1.807, 2.05) is 0 Å². The van der Waals surface area contributed by atoms with Crippen molar-refractivity contribution in [3.63, 3.8) is 0 Å². The maximum absolute atomic E-state index is 11.3. The van der Waals surface area contributed by atoms with Crippen LogP contribution in [0.5, 0.6) is 0 Å². The van der Waals surface area contributed by atoms with Gasteiger partial charge in [0, 0.05) is 13.1 Å². The summed E-state index contributed by atoms with van der Waals surface area (Å²) in [6.07, 6.45) is 2.32. The Morgan fingerprint density at radius 3 is 2.59 bits per heavy atom. The molecule has 2 heterocycles. The summed E-state index contributed by atoms with van der Waals surface area (Å²) in [6.45, 7) is 1.43. The molecule has 0 atom stereocenters. The van der Waals surface area contributed by atoms with Gasteiger partial charge in [0.05, 0.1) is 16.9 Å². The minimum absolute atomic E-state index is 0.169. The Balaban J connectivity index is 2.31. The van der Waals surface area contributed by atoms with Crippen molar-refractivity contribution >= 4 is 35.0 Å². The predicted octanol–water partition coefficient (Wildman–Crippen LogP) is 2.88. The number of rotatable bonds is 2. The van der Waals surface area contributed by atoms with Crippen LogP contribution >= 0.6 is 23.2 Å². The molecule has 1 aliphatic rings. The van der Waals surface area contributed by atoms with Gasteiger partial charge < -0.3 is 5.11 Å². The van der Waals surface area contributed by atoms with E-state index >= 15 is 0 Å². The first kappa shape index (κ1) is 12.4. The summed E-state index contributed by atoms with van der Waals surface area (Å²) in [5.74, 6) is 0. The van der Waals surface area contributed by atoms with Crippen molar-refractivity contribution in [2.45, 2.75) is 12.8 Å². The van der Waals surface area contributed by atoms with E-state index in [1.54, 1.807) is 5.01 Å². The molecule has 0 spiro atoms. The monoisotopic (exact) mass is 275 g/mol. The number of hydrogen-bond donors (Lipinski definition) is 1. The first-order valence-corrected chi connectivity index (χ1v) is 5.94. The van der Waals surface area contributed by atoms with Crippen LogP contribution in [0.1, 0.15) is 12.8 Å². The van der Waals surface area contributed by atoms with Crippen LogP contribution < -0.4 is 5.01 Å². The molecule has 2 rings (SSSR count). The van der Waals surface area contributed by atoms with Gasteiger partial charge in [-0.05, 0) is 18.9 Å². The molecule has 0 radical (unpaired) electrons. The van der Waals surface area contributed by atoms with Gasteiger partial charge in [-0.2, -0.15) is 0 Å². The summed E-state index contributed by atoms with van der Waals surface area (Å²) in [5.41, 5.74) is 0.411. The number of pyridine rings is 1. The van der Waals surface area contributed by atoms with Crippen LogP contribution in [-0.2, 0) is 0 Å². The van der Waals surface area contributed by atoms with E-state index in [4.69, 9.17) is 23.2 Å². The van der Waals surface area contributed by atoms with Crippen LogP contribution in [-0.4, -0.2) is 34.3 Å². The Bertz CT molecular complexity index is 436. The number of halogens is 2. The fraction of sp³-hybridized carbons (Fsp3) is 0.400. The number of carbonyl (C=O) groups is 1. The van der Waals surface area contributed by atoms with Crippen LogP contribution in [0, 0.1) is 0 Å². The highest BCUT2D eigenvalue weighted by Crippen LogP contribution is 2.27. The van der Waals surface area contributed by atoms with Crippen LogP contribution in [0.3, 0.4) is 0 Å². The van der Waals surface area contributed by atoms with E-state index in [0.717, 1.165) is 12.8 Å². The van der Waals surface area contributed by atoms with Gasteiger partial charge in [-0.25, -0.2) is 19.8 Å². The lowest BCUT2D eigenvalue weighted by atomic mass is 10.4. The SMILES string of the molecule is O=C(O)N(c1cnc(Cl)c(Cl)c1)N1CCCC1. The normalized spacial score (nSPS) is 16.1. The minimum atomic E-state index is -1.05. The molecular weight excluding hydrogens is 265 g/mol. The minimum Gasteiger partial charge on any atom is -0.464 e. The number of hydrogen-bond acceptors (Lipinski definition) is 3. The Kier molecular flexibility index (Phi) is 3.71. The Hall–Kier alpha value is -1.04. The summed E-state index contributed by atoms with van der Waals surface area (Å²) in [7, 11) is 0. The lowest BCUT2D eigenvalue weighted by molar-refractivity contribution is 0.178. The largest absolute Gasteiger partial charge is 0.464 e.